The monoisotopic (exact) mass is 156 g/mol. The maximum atomic E-state index is 10.8. The first-order valence-corrected chi connectivity index (χ1v) is 3.79. The molecule has 0 aromatic rings. The van der Waals surface area contributed by atoms with Crippen molar-refractivity contribution in [2.75, 3.05) is 13.1 Å². The van der Waals surface area contributed by atoms with Gasteiger partial charge < -0.3 is 0 Å². The van der Waals surface area contributed by atoms with Gasteiger partial charge in [0, 0.05) is 0 Å². The molecule has 0 fully saturated rings. The smallest absolute Gasteiger partial charge is 0.225 e. The van der Waals surface area contributed by atoms with E-state index in [4.69, 9.17) is 0 Å². The highest BCUT2D eigenvalue weighted by molar-refractivity contribution is 5.95. The molecule has 0 heterocycles. The van der Waals surface area contributed by atoms with Gasteiger partial charge in [0.15, 0.2) is 5.78 Å². The summed E-state index contributed by atoms with van der Waals surface area (Å²) in [5.74, 6) is -0.135. The van der Waals surface area contributed by atoms with Crippen LogP contribution < -0.4 is 0 Å². The van der Waals surface area contributed by atoms with Crippen LogP contribution in [0.25, 0.3) is 0 Å². The second-order valence-corrected chi connectivity index (χ2v) is 2.35. The van der Waals surface area contributed by atoms with E-state index in [1.807, 2.05) is 13.8 Å². The quantitative estimate of drug-likeness (QED) is 0.540. The van der Waals surface area contributed by atoms with Crippen molar-refractivity contribution < 1.29 is 9.59 Å². The predicted molar refractivity (Wildman–Crippen MR) is 43.1 cm³/mol. The van der Waals surface area contributed by atoms with Gasteiger partial charge in [0.2, 0.25) is 6.29 Å². The summed E-state index contributed by atoms with van der Waals surface area (Å²) in [5, 5.41) is 0. The Labute approximate surface area is 67.4 Å². The molecule has 0 amide bonds. The molecule has 0 saturated carbocycles. The predicted octanol–water partition coefficient (Wildman–Crippen LogP) is 0.395. The van der Waals surface area contributed by atoms with E-state index < -0.39 is 6.04 Å². The summed E-state index contributed by atoms with van der Waals surface area (Å²) in [7, 11) is 0. The van der Waals surface area contributed by atoms with E-state index in [0.29, 0.717) is 13.1 Å². The molecule has 3 nitrogen and oxygen atoms in total. The van der Waals surface area contributed by atoms with Crippen molar-refractivity contribution >= 4 is 12.1 Å². The first-order chi connectivity index (χ1) is 5.17. The van der Waals surface area contributed by atoms with Crippen molar-refractivity contribution in [1.29, 1.82) is 0 Å². The number of carbonyl (C=O) groups excluding carboxylic acids is 2. The van der Waals surface area contributed by atoms with Gasteiger partial charge in [0.05, 0.1) is 0 Å². The first kappa shape index (κ1) is 10.3. The van der Waals surface area contributed by atoms with Crippen LogP contribution in [0, 0.1) is 0 Å². The topological polar surface area (TPSA) is 37.4 Å². The molecule has 1 atom stereocenters. The van der Waals surface area contributed by atoms with Crippen molar-refractivity contribution in [2.45, 2.75) is 26.8 Å². The minimum Gasteiger partial charge on any atom is -0.298 e. The van der Waals surface area contributed by atoms with Crippen LogP contribution in [0.3, 0.4) is 0 Å². The lowest BCUT2D eigenvalue weighted by atomic mass is 10.2. The Morgan fingerprint density at radius 2 is 1.91 bits per heavy atom. The fourth-order valence-corrected chi connectivity index (χ4v) is 1.00. The number of carbonyl (C=O) groups is 1. The van der Waals surface area contributed by atoms with E-state index in [-0.39, 0.29) is 5.78 Å². The van der Waals surface area contributed by atoms with Crippen molar-refractivity contribution in [3.05, 3.63) is 0 Å². The first-order valence-electron chi connectivity index (χ1n) is 3.79. The van der Waals surface area contributed by atoms with Crippen LogP contribution in [0.4, 0.5) is 0 Å². The van der Waals surface area contributed by atoms with Crippen molar-refractivity contribution in [3.63, 3.8) is 0 Å². The Morgan fingerprint density at radius 3 is 2.00 bits per heavy atom. The molecule has 0 spiro atoms. The number of hydrogen-bond donors (Lipinski definition) is 0. The van der Waals surface area contributed by atoms with Crippen molar-refractivity contribution in [2.24, 2.45) is 0 Å². The molecular formula is C8H14NO2. The van der Waals surface area contributed by atoms with Gasteiger partial charge in [0.1, 0.15) is 6.04 Å². The summed E-state index contributed by atoms with van der Waals surface area (Å²) < 4.78 is 0. The average Bonchev–Trinajstić information content (AvgIpc) is 1.99. The third-order valence-electron chi connectivity index (χ3n) is 1.67. The summed E-state index contributed by atoms with van der Waals surface area (Å²) in [6.07, 6.45) is 1.73. The molecule has 63 valence electrons. The summed E-state index contributed by atoms with van der Waals surface area (Å²) in [4.78, 5) is 22.9. The fourth-order valence-electron chi connectivity index (χ4n) is 1.00. The molecule has 0 aliphatic heterocycles. The lowest BCUT2D eigenvalue weighted by Gasteiger charge is -2.21. The summed E-state index contributed by atoms with van der Waals surface area (Å²) in [5.41, 5.74) is 0. The standard InChI is InChI=1S/C8H14NO2/c1-4-9(5-2)8(6-10)7(3)11/h8H,4-5H2,1-3H3. The molecule has 11 heavy (non-hydrogen) atoms. The summed E-state index contributed by atoms with van der Waals surface area (Å²) in [6.45, 7) is 6.65. The largest absolute Gasteiger partial charge is 0.298 e. The number of rotatable bonds is 5. The molecule has 1 radical (unpaired) electrons. The molecule has 1 unspecified atom stereocenters. The molecule has 0 N–H and O–H groups in total. The highest BCUT2D eigenvalue weighted by atomic mass is 16.1. The van der Waals surface area contributed by atoms with Gasteiger partial charge in [-0.15, -0.1) is 0 Å². The van der Waals surface area contributed by atoms with Gasteiger partial charge >= 0.3 is 0 Å². The molecule has 0 aliphatic rings. The van der Waals surface area contributed by atoms with E-state index in [9.17, 15) is 9.59 Å². The Morgan fingerprint density at radius 1 is 1.45 bits per heavy atom. The Bertz CT molecular complexity index is 141. The van der Waals surface area contributed by atoms with Crippen molar-refractivity contribution in [3.8, 4) is 0 Å². The summed E-state index contributed by atoms with van der Waals surface area (Å²) in [6, 6.07) is -0.662. The Hall–Kier alpha value is -0.700. The Kier molecular flexibility index (Phi) is 4.70. The van der Waals surface area contributed by atoms with E-state index in [1.54, 1.807) is 11.2 Å². The maximum Gasteiger partial charge on any atom is 0.225 e. The van der Waals surface area contributed by atoms with Gasteiger partial charge in [-0.25, -0.2) is 0 Å². The van der Waals surface area contributed by atoms with E-state index in [1.165, 1.54) is 6.92 Å². The zero-order valence-corrected chi connectivity index (χ0v) is 7.26. The lowest BCUT2D eigenvalue weighted by molar-refractivity contribution is -0.119. The highest BCUT2D eigenvalue weighted by Gasteiger charge is 2.19. The highest BCUT2D eigenvalue weighted by Crippen LogP contribution is 1.96. The normalized spacial score (nSPS) is 13.1. The third-order valence-corrected chi connectivity index (χ3v) is 1.67. The van der Waals surface area contributed by atoms with Crippen LogP contribution in [0.15, 0.2) is 0 Å². The van der Waals surface area contributed by atoms with Crippen LogP contribution >= 0.6 is 0 Å². The molecular weight excluding hydrogens is 142 g/mol. The maximum absolute atomic E-state index is 10.8. The number of ketones is 1. The minimum absolute atomic E-state index is 0.135. The minimum atomic E-state index is -0.662. The van der Waals surface area contributed by atoms with Gasteiger partial charge in [-0.3, -0.25) is 14.5 Å². The third kappa shape index (κ3) is 2.80. The molecule has 0 aromatic carbocycles. The van der Waals surface area contributed by atoms with Crippen LogP contribution in [0.2, 0.25) is 0 Å². The summed E-state index contributed by atoms with van der Waals surface area (Å²) >= 11 is 0. The lowest BCUT2D eigenvalue weighted by Crippen LogP contribution is -2.41. The molecule has 0 aliphatic carbocycles. The van der Waals surface area contributed by atoms with Crippen LogP contribution in [0.5, 0.6) is 0 Å². The molecule has 3 heteroatoms. The number of likely N-dealkylation sites (N-methyl/N-ethyl adjacent to an activating group) is 1. The van der Waals surface area contributed by atoms with E-state index >= 15 is 0 Å². The van der Waals surface area contributed by atoms with Crippen LogP contribution in [0.1, 0.15) is 20.8 Å². The van der Waals surface area contributed by atoms with Crippen molar-refractivity contribution in [1.82, 2.24) is 4.90 Å². The van der Waals surface area contributed by atoms with Crippen LogP contribution in [-0.4, -0.2) is 36.1 Å². The SMILES string of the molecule is CCN(CC)C([C]=O)C(C)=O. The Balaban J connectivity index is 4.20. The van der Waals surface area contributed by atoms with Gasteiger partial charge in [-0.2, -0.15) is 0 Å². The van der Waals surface area contributed by atoms with Gasteiger partial charge in [0.25, 0.3) is 0 Å². The number of nitrogens with zero attached hydrogens (tertiary/aromatic N) is 1. The molecule has 0 saturated heterocycles. The zero-order chi connectivity index (χ0) is 8.85. The van der Waals surface area contributed by atoms with E-state index in [2.05, 4.69) is 0 Å². The number of Topliss-reactive ketones (excluding diaryl/α,β-unsaturated/α-hetero) is 1. The number of hydrogen-bond acceptors (Lipinski definition) is 3. The zero-order valence-electron chi connectivity index (χ0n) is 7.26. The second kappa shape index (κ2) is 5.02. The van der Waals surface area contributed by atoms with Gasteiger partial charge in [-0.1, -0.05) is 13.8 Å². The molecule has 0 aromatic heterocycles. The molecule has 0 bridgehead atoms. The second-order valence-electron chi connectivity index (χ2n) is 2.35. The fraction of sp³-hybridized carbons (Fsp3) is 0.750. The van der Waals surface area contributed by atoms with E-state index in [0.717, 1.165) is 0 Å². The van der Waals surface area contributed by atoms with Crippen LogP contribution in [-0.2, 0) is 9.59 Å². The molecule has 0 rings (SSSR count). The van der Waals surface area contributed by atoms with Gasteiger partial charge in [-0.05, 0) is 20.0 Å². The average molecular weight is 156 g/mol.